The summed E-state index contributed by atoms with van der Waals surface area (Å²) in [5.41, 5.74) is 7.34. The number of rotatable bonds is 3. The number of hydrogen-bond donors (Lipinski definition) is 1. The lowest BCUT2D eigenvalue weighted by Crippen LogP contribution is -2.06. The third-order valence-corrected chi connectivity index (χ3v) is 3.25. The van der Waals surface area contributed by atoms with Crippen molar-refractivity contribution in [3.63, 3.8) is 0 Å². The quantitative estimate of drug-likeness (QED) is 0.690. The fraction of sp³-hybridized carbons (Fsp3) is 0.133. The first-order chi connectivity index (χ1) is 9.52. The van der Waals surface area contributed by atoms with Gasteiger partial charge in [0.15, 0.2) is 5.75 Å². The summed E-state index contributed by atoms with van der Waals surface area (Å²) in [6.07, 6.45) is 0. The molecule has 0 bridgehead atoms. The number of carbonyl (C=O) groups excluding carboxylic acids is 1. The van der Waals surface area contributed by atoms with Gasteiger partial charge in [0.25, 0.3) is 0 Å². The van der Waals surface area contributed by atoms with Gasteiger partial charge in [0, 0.05) is 5.02 Å². The lowest BCUT2D eigenvalue weighted by atomic mass is 10.1. The fourth-order valence-corrected chi connectivity index (χ4v) is 1.85. The molecule has 2 rings (SSSR count). The molecule has 0 fully saturated rings. The Morgan fingerprint density at radius 1 is 1.25 bits per heavy atom. The van der Waals surface area contributed by atoms with Gasteiger partial charge in [-0.2, -0.15) is 0 Å². The molecule has 0 saturated carbocycles. The fourth-order valence-electron chi connectivity index (χ4n) is 1.73. The highest BCUT2D eigenvalue weighted by Crippen LogP contribution is 2.31. The maximum atomic E-state index is 11.6. The summed E-state index contributed by atoms with van der Waals surface area (Å²) >= 11 is 5.96. The topological polar surface area (TPSA) is 61.5 Å². The van der Waals surface area contributed by atoms with E-state index in [0.717, 1.165) is 5.56 Å². The van der Waals surface area contributed by atoms with Crippen LogP contribution in [0.15, 0.2) is 36.4 Å². The molecule has 0 heterocycles. The highest BCUT2D eigenvalue weighted by atomic mass is 35.5. The molecule has 0 unspecified atom stereocenters. The highest BCUT2D eigenvalue weighted by Gasteiger charge is 2.14. The number of hydrogen-bond acceptors (Lipinski definition) is 4. The lowest BCUT2D eigenvalue weighted by Gasteiger charge is -2.11. The van der Waals surface area contributed by atoms with Gasteiger partial charge in [-0.3, -0.25) is 0 Å². The van der Waals surface area contributed by atoms with E-state index in [0.29, 0.717) is 16.5 Å². The zero-order chi connectivity index (χ0) is 14.7. The number of halogens is 1. The molecule has 0 amide bonds. The Labute approximate surface area is 122 Å². The van der Waals surface area contributed by atoms with E-state index in [1.807, 2.05) is 6.92 Å². The molecule has 0 radical (unpaired) electrons. The summed E-state index contributed by atoms with van der Waals surface area (Å²) < 4.78 is 10.4. The van der Waals surface area contributed by atoms with Gasteiger partial charge < -0.3 is 15.2 Å². The van der Waals surface area contributed by atoms with Crippen LogP contribution < -0.4 is 10.5 Å². The van der Waals surface area contributed by atoms with Crippen LogP contribution in [0.25, 0.3) is 0 Å². The third kappa shape index (κ3) is 2.86. The monoisotopic (exact) mass is 291 g/mol. The minimum atomic E-state index is -0.500. The van der Waals surface area contributed by atoms with Crippen LogP contribution in [0.2, 0.25) is 5.02 Å². The molecule has 5 heteroatoms. The number of benzene rings is 2. The normalized spacial score (nSPS) is 10.2. The van der Waals surface area contributed by atoms with E-state index in [1.165, 1.54) is 7.11 Å². The Balaban J connectivity index is 2.34. The number of carbonyl (C=O) groups is 1. The van der Waals surface area contributed by atoms with Crippen LogP contribution in [0.3, 0.4) is 0 Å². The molecule has 0 saturated heterocycles. The molecule has 2 aromatic carbocycles. The van der Waals surface area contributed by atoms with Gasteiger partial charge in [0.2, 0.25) is 0 Å². The van der Waals surface area contributed by atoms with Crippen molar-refractivity contribution in [1.82, 2.24) is 0 Å². The van der Waals surface area contributed by atoms with Gasteiger partial charge in [-0.05, 0) is 42.8 Å². The molecule has 4 nitrogen and oxygen atoms in total. The van der Waals surface area contributed by atoms with Crippen LogP contribution in [0.5, 0.6) is 11.5 Å². The second-order valence-corrected chi connectivity index (χ2v) is 4.63. The first kappa shape index (κ1) is 14.2. The molecule has 0 atom stereocenters. The van der Waals surface area contributed by atoms with Crippen molar-refractivity contribution in [1.29, 1.82) is 0 Å². The first-order valence-corrected chi connectivity index (χ1v) is 6.31. The summed E-state index contributed by atoms with van der Waals surface area (Å²) in [5, 5.41) is 0.661. The molecule has 2 N–H and O–H groups in total. The average Bonchev–Trinajstić information content (AvgIpc) is 2.44. The van der Waals surface area contributed by atoms with E-state index in [-0.39, 0.29) is 11.3 Å². The largest absolute Gasteiger partial charge is 0.465 e. The maximum absolute atomic E-state index is 11.6. The van der Waals surface area contributed by atoms with E-state index < -0.39 is 5.97 Å². The second kappa shape index (κ2) is 5.84. The third-order valence-electron chi connectivity index (χ3n) is 2.83. The van der Waals surface area contributed by atoms with Crippen molar-refractivity contribution < 1.29 is 14.3 Å². The zero-order valence-corrected chi connectivity index (χ0v) is 11.9. The molecule has 0 spiro atoms. The molecule has 0 aliphatic rings. The number of nitrogen functional groups attached to an aromatic ring is 1. The Hall–Kier alpha value is -2.20. The van der Waals surface area contributed by atoms with E-state index in [4.69, 9.17) is 22.1 Å². The van der Waals surface area contributed by atoms with Gasteiger partial charge in [-0.25, -0.2) is 4.79 Å². The van der Waals surface area contributed by atoms with Gasteiger partial charge in [-0.15, -0.1) is 0 Å². The number of aryl methyl sites for hydroxylation is 1. The van der Waals surface area contributed by atoms with Crippen molar-refractivity contribution in [2.45, 2.75) is 6.92 Å². The van der Waals surface area contributed by atoms with E-state index in [1.54, 1.807) is 36.4 Å². The predicted molar refractivity (Wildman–Crippen MR) is 78.5 cm³/mol. The number of methoxy groups -OCH3 is 1. The summed E-state index contributed by atoms with van der Waals surface area (Å²) in [4.78, 5) is 11.6. The Kier molecular flexibility index (Phi) is 4.15. The minimum absolute atomic E-state index is 0.243. The van der Waals surface area contributed by atoms with Crippen LogP contribution in [0.4, 0.5) is 5.69 Å². The highest BCUT2D eigenvalue weighted by molar-refractivity contribution is 6.31. The van der Waals surface area contributed by atoms with Gasteiger partial charge in [0.1, 0.15) is 5.75 Å². The standard InChI is InChI=1S/C15H14ClNO3/c1-9-8-10(6-7-12(9)16)20-13-5-3-4-11(14(13)17)15(18)19-2/h3-8H,17H2,1-2H3. The number of ether oxygens (including phenoxy) is 2. The maximum Gasteiger partial charge on any atom is 0.340 e. The summed E-state index contributed by atoms with van der Waals surface area (Å²) in [7, 11) is 1.30. The van der Waals surface area contributed by atoms with Crippen molar-refractivity contribution in [2.75, 3.05) is 12.8 Å². The molecular weight excluding hydrogens is 278 g/mol. The zero-order valence-electron chi connectivity index (χ0n) is 11.1. The van der Waals surface area contributed by atoms with Crippen LogP contribution in [-0.4, -0.2) is 13.1 Å². The van der Waals surface area contributed by atoms with Crippen LogP contribution in [0.1, 0.15) is 15.9 Å². The molecule has 104 valence electrons. The molecule has 2 aromatic rings. The molecule has 20 heavy (non-hydrogen) atoms. The van der Waals surface area contributed by atoms with Crippen LogP contribution >= 0.6 is 11.6 Å². The Bertz CT molecular complexity index is 656. The van der Waals surface area contributed by atoms with E-state index in [2.05, 4.69) is 4.74 Å². The average molecular weight is 292 g/mol. The van der Waals surface area contributed by atoms with Gasteiger partial charge in [-0.1, -0.05) is 17.7 Å². The smallest absolute Gasteiger partial charge is 0.340 e. The lowest BCUT2D eigenvalue weighted by molar-refractivity contribution is 0.0601. The molecule has 0 aliphatic heterocycles. The SMILES string of the molecule is COC(=O)c1cccc(Oc2ccc(Cl)c(C)c2)c1N. The molecule has 0 aliphatic carbocycles. The minimum Gasteiger partial charge on any atom is -0.465 e. The first-order valence-electron chi connectivity index (χ1n) is 5.93. The van der Waals surface area contributed by atoms with E-state index >= 15 is 0 Å². The molecular formula is C15H14ClNO3. The second-order valence-electron chi connectivity index (χ2n) is 4.22. The summed E-state index contributed by atoms with van der Waals surface area (Å²) in [6.45, 7) is 1.88. The summed E-state index contributed by atoms with van der Waals surface area (Å²) in [6, 6.07) is 10.2. The number of anilines is 1. The van der Waals surface area contributed by atoms with Crippen LogP contribution in [0, 0.1) is 6.92 Å². The van der Waals surface area contributed by atoms with E-state index in [9.17, 15) is 4.79 Å². The van der Waals surface area contributed by atoms with Gasteiger partial charge >= 0.3 is 5.97 Å². The van der Waals surface area contributed by atoms with Crippen LogP contribution in [-0.2, 0) is 4.74 Å². The Morgan fingerprint density at radius 2 is 2.00 bits per heavy atom. The predicted octanol–water partition coefficient (Wildman–Crippen LogP) is 3.81. The van der Waals surface area contributed by atoms with Crippen molar-refractivity contribution in [2.24, 2.45) is 0 Å². The van der Waals surface area contributed by atoms with Crippen molar-refractivity contribution in [3.05, 3.63) is 52.5 Å². The van der Waals surface area contributed by atoms with Crippen molar-refractivity contribution in [3.8, 4) is 11.5 Å². The number of nitrogens with two attached hydrogens (primary N) is 1. The number of esters is 1. The van der Waals surface area contributed by atoms with Crippen molar-refractivity contribution >= 4 is 23.3 Å². The Morgan fingerprint density at radius 3 is 2.65 bits per heavy atom. The summed E-state index contributed by atoms with van der Waals surface area (Å²) in [5.74, 6) is 0.496. The molecule has 0 aromatic heterocycles. The number of para-hydroxylation sites is 1. The van der Waals surface area contributed by atoms with Gasteiger partial charge in [0.05, 0.1) is 18.4 Å².